The van der Waals surface area contributed by atoms with E-state index in [2.05, 4.69) is 4.98 Å². The highest BCUT2D eigenvalue weighted by molar-refractivity contribution is 7.89. The summed E-state index contributed by atoms with van der Waals surface area (Å²) in [5, 5.41) is 0.687. The van der Waals surface area contributed by atoms with Crippen molar-refractivity contribution < 1.29 is 8.42 Å². The predicted molar refractivity (Wildman–Crippen MR) is 94.2 cm³/mol. The van der Waals surface area contributed by atoms with Gasteiger partial charge in [-0.15, -0.1) is 12.4 Å². The smallest absolute Gasteiger partial charge is 0.243 e. The third kappa shape index (κ3) is 3.21. The van der Waals surface area contributed by atoms with Gasteiger partial charge in [-0.1, -0.05) is 6.07 Å². The molecule has 1 aliphatic heterocycles. The van der Waals surface area contributed by atoms with Gasteiger partial charge in [0, 0.05) is 30.7 Å². The lowest BCUT2D eigenvalue weighted by atomic mass is 10.0. The number of benzene rings is 1. The van der Waals surface area contributed by atoms with Gasteiger partial charge in [-0.3, -0.25) is 4.98 Å². The zero-order chi connectivity index (χ0) is 15.9. The van der Waals surface area contributed by atoms with Crippen LogP contribution in [0, 0.1) is 12.8 Å². The van der Waals surface area contributed by atoms with E-state index < -0.39 is 10.0 Å². The fraction of sp³-hybridized carbons (Fsp3) is 0.438. The summed E-state index contributed by atoms with van der Waals surface area (Å²) < 4.78 is 27.5. The van der Waals surface area contributed by atoms with Crippen LogP contribution in [0.15, 0.2) is 35.4 Å². The zero-order valence-corrected chi connectivity index (χ0v) is 14.9. The summed E-state index contributed by atoms with van der Waals surface area (Å²) in [4.78, 5) is 4.66. The standard InChI is InChI=1S/C16H21N3O2S.ClH/c1-11-5-6-15(14-4-3-8-18-16(11)14)22(20,21)19-9-7-13(10-19)12(2)17;/h3-6,8,12-13H,7,9-10,17H2,1-2H3;1H. The van der Waals surface area contributed by atoms with Crippen LogP contribution in [-0.2, 0) is 10.0 Å². The van der Waals surface area contributed by atoms with Gasteiger partial charge >= 0.3 is 0 Å². The van der Waals surface area contributed by atoms with Crippen LogP contribution >= 0.6 is 12.4 Å². The minimum absolute atomic E-state index is 0. The summed E-state index contributed by atoms with van der Waals surface area (Å²) in [5.74, 6) is 0.226. The first kappa shape index (κ1) is 18.1. The zero-order valence-electron chi connectivity index (χ0n) is 13.3. The average Bonchev–Trinajstić information content (AvgIpc) is 2.98. The van der Waals surface area contributed by atoms with E-state index in [1.54, 1.807) is 22.6 Å². The molecule has 23 heavy (non-hydrogen) atoms. The van der Waals surface area contributed by atoms with Crippen molar-refractivity contribution in [3.05, 3.63) is 36.0 Å². The largest absolute Gasteiger partial charge is 0.328 e. The quantitative estimate of drug-likeness (QED) is 0.916. The van der Waals surface area contributed by atoms with Crippen LogP contribution in [0.3, 0.4) is 0 Å². The Morgan fingerprint density at radius 3 is 2.74 bits per heavy atom. The summed E-state index contributed by atoms with van der Waals surface area (Å²) in [5.41, 5.74) is 7.64. The Bertz CT molecular complexity index is 808. The van der Waals surface area contributed by atoms with Gasteiger partial charge in [0.2, 0.25) is 10.0 Å². The first-order chi connectivity index (χ1) is 10.4. The molecular formula is C16H22ClN3O2S. The highest BCUT2D eigenvalue weighted by atomic mass is 35.5. The molecule has 2 atom stereocenters. The van der Waals surface area contributed by atoms with Crippen molar-refractivity contribution in [3.8, 4) is 0 Å². The maximum absolute atomic E-state index is 13.0. The number of nitrogens with zero attached hydrogens (tertiary/aromatic N) is 2. The molecular weight excluding hydrogens is 334 g/mol. The third-order valence-electron chi connectivity index (χ3n) is 4.48. The first-order valence-electron chi connectivity index (χ1n) is 7.51. The molecule has 2 unspecified atom stereocenters. The van der Waals surface area contributed by atoms with Gasteiger partial charge in [0.15, 0.2) is 0 Å². The van der Waals surface area contributed by atoms with Crippen molar-refractivity contribution in [2.75, 3.05) is 13.1 Å². The second-order valence-corrected chi connectivity index (χ2v) is 7.96. The number of aromatic nitrogens is 1. The van der Waals surface area contributed by atoms with E-state index in [-0.39, 0.29) is 24.4 Å². The fourth-order valence-corrected chi connectivity index (χ4v) is 4.75. The van der Waals surface area contributed by atoms with Crippen molar-refractivity contribution in [3.63, 3.8) is 0 Å². The van der Waals surface area contributed by atoms with E-state index in [4.69, 9.17) is 5.73 Å². The van der Waals surface area contributed by atoms with E-state index in [0.29, 0.717) is 23.4 Å². The highest BCUT2D eigenvalue weighted by Crippen LogP contribution is 2.30. The second-order valence-electron chi connectivity index (χ2n) is 6.05. The minimum Gasteiger partial charge on any atom is -0.328 e. The lowest BCUT2D eigenvalue weighted by Gasteiger charge is -2.19. The van der Waals surface area contributed by atoms with Gasteiger partial charge in [-0.05, 0) is 49.9 Å². The van der Waals surface area contributed by atoms with Crippen molar-refractivity contribution in [1.82, 2.24) is 9.29 Å². The predicted octanol–water partition coefficient (Wildman–Crippen LogP) is 2.32. The summed E-state index contributed by atoms with van der Waals surface area (Å²) >= 11 is 0. The molecule has 0 radical (unpaired) electrons. The number of hydrogen-bond acceptors (Lipinski definition) is 4. The van der Waals surface area contributed by atoms with Crippen LogP contribution in [0.25, 0.3) is 10.9 Å². The number of nitrogens with two attached hydrogens (primary N) is 1. The van der Waals surface area contributed by atoms with Gasteiger partial charge in [0.1, 0.15) is 0 Å². The summed E-state index contributed by atoms with van der Waals surface area (Å²) in [7, 11) is -3.51. The maximum Gasteiger partial charge on any atom is 0.243 e. The molecule has 0 amide bonds. The number of pyridine rings is 1. The van der Waals surface area contributed by atoms with Crippen LogP contribution in [0.4, 0.5) is 0 Å². The van der Waals surface area contributed by atoms with E-state index >= 15 is 0 Å². The molecule has 0 spiro atoms. The van der Waals surface area contributed by atoms with E-state index in [1.807, 2.05) is 26.0 Å². The van der Waals surface area contributed by atoms with Crippen molar-refractivity contribution in [2.24, 2.45) is 11.7 Å². The van der Waals surface area contributed by atoms with Crippen molar-refractivity contribution in [2.45, 2.75) is 31.2 Å². The second kappa shape index (κ2) is 6.73. The van der Waals surface area contributed by atoms with Crippen LogP contribution < -0.4 is 5.73 Å². The van der Waals surface area contributed by atoms with E-state index in [9.17, 15) is 8.42 Å². The van der Waals surface area contributed by atoms with Gasteiger partial charge in [-0.2, -0.15) is 4.31 Å². The Labute approximate surface area is 143 Å². The van der Waals surface area contributed by atoms with Crippen LogP contribution in [0.2, 0.25) is 0 Å². The highest BCUT2D eigenvalue weighted by Gasteiger charge is 2.34. The molecule has 1 aromatic heterocycles. The average molecular weight is 356 g/mol. The molecule has 2 aromatic rings. The number of rotatable bonds is 3. The molecule has 1 saturated heterocycles. The molecule has 0 aliphatic carbocycles. The van der Waals surface area contributed by atoms with Crippen LogP contribution in [0.5, 0.6) is 0 Å². The molecule has 1 fully saturated rings. The Balaban J connectivity index is 0.00000192. The SMILES string of the molecule is Cc1ccc(S(=O)(=O)N2CCC(C(C)N)C2)c2cccnc12.Cl. The number of halogens is 1. The Hall–Kier alpha value is -1.21. The monoisotopic (exact) mass is 355 g/mol. The third-order valence-corrected chi connectivity index (χ3v) is 6.40. The molecule has 2 heterocycles. The topological polar surface area (TPSA) is 76.3 Å². The van der Waals surface area contributed by atoms with E-state index in [0.717, 1.165) is 17.5 Å². The molecule has 126 valence electrons. The summed E-state index contributed by atoms with van der Waals surface area (Å²) in [6, 6.07) is 7.11. The number of sulfonamides is 1. The number of aryl methyl sites for hydroxylation is 1. The van der Waals surface area contributed by atoms with Gasteiger partial charge in [0.05, 0.1) is 10.4 Å². The van der Waals surface area contributed by atoms with Crippen molar-refractivity contribution in [1.29, 1.82) is 0 Å². The lowest BCUT2D eigenvalue weighted by Crippen LogP contribution is -2.33. The Morgan fingerprint density at radius 2 is 2.09 bits per heavy atom. The summed E-state index contributed by atoms with van der Waals surface area (Å²) in [6.45, 7) is 4.90. The van der Waals surface area contributed by atoms with Gasteiger partial charge in [0.25, 0.3) is 0 Å². The van der Waals surface area contributed by atoms with Crippen LogP contribution in [-0.4, -0.2) is 36.8 Å². The lowest BCUT2D eigenvalue weighted by molar-refractivity contribution is 0.429. The fourth-order valence-electron chi connectivity index (χ4n) is 3.05. The van der Waals surface area contributed by atoms with Crippen LogP contribution in [0.1, 0.15) is 18.9 Å². The number of hydrogen-bond donors (Lipinski definition) is 1. The summed E-state index contributed by atoms with van der Waals surface area (Å²) in [6.07, 6.45) is 2.51. The molecule has 1 aliphatic rings. The number of fused-ring (bicyclic) bond motifs is 1. The molecule has 5 nitrogen and oxygen atoms in total. The van der Waals surface area contributed by atoms with Crippen molar-refractivity contribution >= 4 is 33.3 Å². The van der Waals surface area contributed by atoms with Gasteiger partial charge < -0.3 is 5.73 Å². The molecule has 1 aromatic carbocycles. The molecule has 2 N–H and O–H groups in total. The first-order valence-corrected chi connectivity index (χ1v) is 8.95. The molecule has 0 saturated carbocycles. The molecule has 0 bridgehead atoms. The normalized spacial score (nSPS) is 20.4. The van der Waals surface area contributed by atoms with Gasteiger partial charge in [-0.25, -0.2) is 8.42 Å². The Kier molecular flexibility index (Phi) is 5.30. The maximum atomic E-state index is 13.0. The molecule has 3 rings (SSSR count). The Morgan fingerprint density at radius 1 is 1.35 bits per heavy atom. The van der Waals surface area contributed by atoms with E-state index in [1.165, 1.54) is 0 Å². The molecule has 7 heteroatoms. The minimum atomic E-state index is -3.51.